The van der Waals surface area contributed by atoms with Crippen LogP contribution in [0.1, 0.15) is 23.1 Å². The first-order chi connectivity index (χ1) is 14.5. The molecule has 0 bridgehead atoms. The molecular weight excluding hydrogens is 376 g/mol. The fourth-order valence-corrected chi connectivity index (χ4v) is 3.78. The Morgan fingerprint density at radius 2 is 1.50 bits per heavy atom. The minimum Gasteiger partial charge on any atom is -0.335 e. The van der Waals surface area contributed by atoms with Crippen LogP contribution in [0.4, 0.5) is 5.69 Å². The predicted octanol–water partition coefficient (Wildman–Crippen LogP) is 2.77. The molecule has 1 N–H and O–H groups in total. The van der Waals surface area contributed by atoms with Gasteiger partial charge in [0.15, 0.2) is 0 Å². The van der Waals surface area contributed by atoms with Crippen molar-refractivity contribution in [1.82, 2.24) is 15.2 Å². The van der Waals surface area contributed by atoms with E-state index < -0.39 is 0 Å². The molecule has 1 saturated heterocycles. The molecule has 2 aromatic carbocycles. The van der Waals surface area contributed by atoms with E-state index in [0.29, 0.717) is 18.8 Å². The lowest BCUT2D eigenvalue weighted by Crippen LogP contribution is -2.53. The first-order valence-corrected chi connectivity index (χ1v) is 10.4. The molecule has 2 amide bonds. The Kier molecular flexibility index (Phi) is 5.86. The van der Waals surface area contributed by atoms with E-state index in [1.165, 1.54) is 16.1 Å². The van der Waals surface area contributed by atoms with Crippen molar-refractivity contribution in [2.24, 2.45) is 0 Å². The van der Waals surface area contributed by atoms with Crippen LogP contribution in [-0.4, -0.2) is 47.8 Å². The second-order valence-electron chi connectivity index (χ2n) is 8.05. The van der Waals surface area contributed by atoms with Gasteiger partial charge in [0.2, 0.25) is 5.91 Å². The molecule has 2 heterocycles. The van der Waals surface area contributed by atoms with Crippen LogP contribution in [0.15, 0.2) is 60.3 Å². The SMILES string of the molecule is Cc1ccc(CN2CCN(C(=O)C3=CCC(=O)N(c4ccc(C)cc4)N3)CC2)cc1. The molecule has 2 aliphatic heterocycles. The Bertz CT molecular complexity index is 942. The summed E-state index contributed by atoms with van der Waals surface area (Å²) >= 11 is 0. The normalized spacial score (nSPS) is 17.5. The van der Waals surface area contributed by atoms with Crippen LogP contribution < -0.4 is 10.4 Å². The third-order valence-corrected chi connectivity index (χ3v) is 5.67. The van der Waals surface area contributed by atoms with Crippen LogP contribution in [0.2, 0.25) is 0 Å². The zero-order valence-electron chi connectivity index (χ0n) is 17.6. The monoisotopic (exact) mass is 404 g/mol. The van der Waals surface area contributed by atoms with Crippen molar-refractivity contribution in [1.29, 1.82) is 0 Å². The topological polar surface area (TPSA) is 55.9 Å². The number of amides is 2. The van der Waals surface area contributed by atoms with E-state index in [-0.39, 0.29) is 18.2 Å². The summed E-state index contributed by atoms with van der Waals surface area (Å²) in [6, 6.07) is 16.3. The van der Waals surface area contributed by atoms with Crippen molar-refractivity contribution >= 4 is 17.5 Å². The van der Waals surface area contributed by atoms with Gasteiger partial charge in [0.1, 0.15) is 5.70 Å². The maximum atomic E-state index is 13.0. The maximum Gasteiger partial charge on any atom is 0.271 e. The number of hydrazine groups is 1. The number of anilines is 1. The Balaban J connectivity index is 1.35. The first-order valence-electron chi connectivity index (χ1n) is 10.4. The van der Waals surface area contributed by atoms with Crippen molar-refractivity contribution in [2.45, 2.75) is 26.8 Å². The number of aryl methyl sites for hydroxylation is 2. The van der Waals surface area contributed by atoms with Gasteiger partial charge in [0, 0.05) is 39.1 Å². The molecule has 0 atom stereocenters. The van der Waals surface area contributed by atoms with E-state index >= 15 is 0 Å². The van der Waals surface area contributed by atoms with Crippen LogP contribution in [0.3, 0.4) is 0 Å². The molecule has 0 aromatic heterocycles. The number of hydrogen-bond acceptors (Lipinski definition) is 4. The van der Waals surface area contributed by atoms with Gasteiger partial charge in [-0.3, -0.25) is 19.9 Å². The van der Waals surface area contributed by atoms with E-state index in [1.54, 1.807) is 6.08 Å². The van der Waals surface area contributed by atoms with Gasteiger partial charge in [-0.25, -0.2) is 5.01 Å². The molecule has 2 aliphatic rings. The Morgan fingerprint density at radius 3 is 2.13 bits per heavy atom. The van der Waals surface area contributed by atoms with Gasteiger partial charge in [-0.2, -0.15) is 0 Å². The van der Waals surface area contributed by atoms with Crippen LogP contribution in [0.25, 0.3) is 0 Å². The molecule has 0 aliphatic carbocycles. The quantitative estimate of drug-likeness (QED) is 0.852. The van der Waals surface area contributed by atoms with E-state index in [0.717, 1.165) is 30.9 Å². The lowest BCUT2D eigenvalue weighted by molar-refractivity contribution is -0.129. The molecule has 6 nitrogen and oxygen atoms in total. The molecule has 0 radical (unpaired) electrons. The molecule has 30 heavy (non-hydrogen) atoms. The third kappa shape index (κ3) is 4.54. The first kappa shape index (κ1) is 20.2. The summed E-state index contributed by atoms with van der Waals surface area (Å²) in [6.45, 7) is 8.04. The van der Waals surface area contributed by atoms with Gasteiger partial charge >= 0.3 is 0 Å². The van der Waals surface area contributed by atoms with Gasteiger partial charge in [0.25, 0.3) is 5.91 Å². The fourth-order valence-electron chi connectivity index (χ4n) is 3.78. The molecule has 0 spiro atoms. The summed E-state index contributed by atoms with van der Waals surface area (Å²) in [4.78, 5) is 29.6. The van der Waals surface area contributed by atoms with Crippen LogP contribution >= 0.6 is 0 Å². The summed E-state index contributed by atoms with van der Waals surface area (Å²) in [6.07, 6.45) is 1.92. The van der Waals surface area contributed by atoms with Gasteiger partial charge < -0.3 is 4.90 Å². The summed E-state index contributed by atoms with van der Waals surface area (Å²) in [5.74, 6) is -0.118. The molecule has 0 saturated carbocycles. The molecule has 2 aromatic rings. The van der Waals surface area contributed by atoms with Gasteiger partial charge in [0.05, 0.1) is 5.69 Å². The van der Waals surface area contributed by atoms with Crippen LogP contribution in [-0.2, 0) is 16.1 Å². The number of rotatable bonds is 4. The van der Waals surface area contributed by atoms with Crippen LogP contribution in [0.5, 0.6) is 0 Å². The number of carbonyl (C=O) groups excluding carboxylic acids is 2. The Labute approximate surface area is 177 Å². The van der Waals surface area contributed by atoms with Gasteiger partial charge in [-0.15, -0.1) is 0 Å². The van der Waals surface area contributed by atoms with Crippen molar-refractivity contribution in [2.75, 3.05) is 31.2 Å². The molecule has 156 valence electrons. The van der Waals surface area contributed by atoms with E-state index in [1.807, 2.05) is 36.1 Å². The van der Waals surface area contributed by atoms with Crippen molar-refractivity contribution in [3.05, 3.63) is 77.0 Å². The Morgan fingerprint density at radius 1 is 0.900 bits per heavy atom. The molecule has 1 fully saturated rings. The highest BCUT2D eigenvalue weighted by molar-refractivity contribution is 6.01. The van der Waals surface area contributed by atoms with Gasteiger partial charge in [-0.05, 0) is 37.6 Å². The molecule has 6 heteroatoms. The molecule has 0 unspecified atom stereocenters. The van der Waals surface area contributed by atoms with Crippen molar-refractivity contribution in [3.8, 4) is 0 Å². The summed E-state index contributed by atoms with van der Waals surface area (Å²) in [5.41, 5.74) is 7.93. The highest BCUT2D eigenvalue weighted by Gasteiger charge is 2.28. The van der Waals surface area contributed by atoms with Crippen molar-refractivity contribution < 1.29 is 9.59 Å². The average molecular weight is 405 g/mol. The summed E-state index contributed by atoms with van der Waals surface area (Å²) in [7, 11) is 0. The lowest BCUT2D eigenvalue weighted by atomic mass is 10.1. The predicted molar refractivity (Wildman–Crippen MR) is 118 cm³/mol. The second kappa shape index (κ2) is 8.71. The zero-order chi connectivity index (χ0) is 21.1. The smallest absolute Gasteiger partial charge is 0.271 e. The summed E-state index contributed by atoms with van der Waals surface area (Å²) in [5, 5.41) is 1.47. The molecule has 4 rings (SSSR count). The third-order valence-electron chi connectivity index (χ3n) is 5.67. The van der Waals surface area contributed by atoms with E-state index in [2.05, 4.69) is 41.5 Å². The largest absolute Gasteiger partial charge is 0.335 e. The number of nitrogens with one attached hydrogen (secondary N) is 1. The highest BCUT2D eigenvalue weighted by Crippen LogP contribution is 2.19. The van der Waals surface area contributed by atoms with E-state index in [9.17, 15) is 9.59 Å². The average Bonchev–Trinajstić information content (AvgIpc) is 2.76. The number of nitrogens with zero attached hydrogens (tertiary/aromatic N) is 3. The standard InChI is InChI=1S/C24H28N4O2/c1-18-3-7-20(8-4-18)17-26-13-15-27(16-14-26)24(30)22-11-12-23(29)28(25-22)21-9-5-19(2)6-10-21/h3-11,25H,12-17H2,1-2H3. The number of hydrogen-bond donors (Lipinski definition) is 1. The molecular formula is C24H28N4O2. The lowest BCUT2D eigenvalue weighted by Gasteiger charge is -2.36. The number of benzene rings is 2. The highest BCUT2D eigenvalue weighted by atomic mass is 16.2. The minimum absolute atomic E-state index is 0.0467. The second-order valence-corrected chi connectivity index (χ2v) is 8.05. The van der Waals surface area contributed by atoms with Crippen molar-refractivity contribution in [3.63, 3.8) is 0 Å². The zero-order valence-corrected chi connectivity index (χ0v) is 17.6. The fraction of sp³-hybridized carbons (Fsp3) is 0.333. The number of piperazine rings is 1. The van der Waals surface area contributed by atoms with Gasteiger partial charge in [-0.1, -0.05) is 47.5 Å². The Hall–Kier alpha value is -3.12. The van der Waals surface area contributed by atoms with E-state index in [4.69, 9.17) is 0 Å². The number of carbonyl (C=O) groups is 2. The minimum atomic E-state index is -0.0710. The maximum absolute atomic E-state index is 13.0. The summed E-state index contributed by atoms with van der Waals surface area (Å²) < 4.78 is 0. The van der Waals surface area contributed by atoms with Crippen LogP contribution in [0, 0.1) is 13.8 Å².